The van der Waals surface area contributed by atoms with Crippen LogP contribution in [0.25, 0.3) is 22.5 Å². The summed E-state index contributed by atoms with van der Waals surface area (Å²) < 4.78 is 0. The molecule has 1 aliphatic carbocycles. The summed E-state index contributed by atoms with van der Waals surface area (Å²) in [5.41, 5.74) is 9.83. The molecule has 2 aromatic rings. The number of fused-ring (bicyclic) bond motifs is 1. The first kappa shape index (κ1) is 20.3. The van der Waals surface area contributed by atoms with Gasteiger partial charge in [-0.05, 0) is 25.0 Å². The van der Waals surface area contributed by atoms with Gasteiger partial charge in [0, 0.05) is 30.0 Å². The van der Waals surface area contributed by atoms with Gasteiger partial charge in [-0.2, -0.15) is 4.98 Å². The highest BCUT2D eigenvalue weighted by Gasteiger charge is 2.28. The van der Waals surface area contributed by atoms with Crippen molar-refractivity contribution in [1.29, 1.82) is 0 Å². The van der Waals surface area contributed by atoms with E-state index in [1.54, 1.807) is 12.4 Å². The Balaban J connectivity index is 1.48. The quantitative estimate of drug-likeness (QED) is 0.315. The van der Waals surface area contributed by atoms with Crippen LogP contribution < -0.4 is 21.9 Å². The summed E-state index contributed by atoms with van der Waals surface area (Å²) in [6.45, 7) is 0.623. The molecule has 164 valence electrons. The van der Waals surface area contributed by atoms with E-state index < -0.39 is 0 Å². The molecule has 0 amide bonds. The topological polar surface area (TPSA) is 125 Å². The van der Waals surface area contributed by atoms with E-state index in [1.807, 2.05) is 42.5 Å². The van der Waals surface area contributed by atoms with E-state index in [-0.39, 0.29) is 11.1 Å². The Labute approximate surface area is 186 Å². The molecule has 1 aromatic heterocycles. The zero-order valence-electron chi connectivity index (χ0n) is 17.8. The van der Waals surface area contributed by atoms with E-state index in [2.05, 4.69) is 25.6 Å². The second-order valence-corrected chi connectivity index (χ2v) is 8.51. The first-order valence-electron chi connectivity index (χ1n) is 11.0. The summed E-state index contributed by atoms with van der Waals surface area (Å²) >= 11 is 0. The molecule has 1 saturated carbocycles. The van der Waals surface area contributed by atoms with Crippen molar-refractivity contribution in [2.75, 3.05) is 17.2 Å². The molecule has 32 heavy (non-hydrogen) atoms. The monoisotopic (exact) mass is 429 g/mol. The number of hydrogen-bond acceptors (Lipinski definition) is 6. The van der Waals surface area contributed by atoms with Crippen LogP contribution >= 0.6 is 0 Å². The molecule has 6 N–H and O–H groups in total. The Morgan fingerprint density at radius 2 is 1.88 bits per heavy atom. The summed E-state index contributed by atoms with van der Waals surface area (Å²) in [7, 11) is 0. The van der Waals surface area contributed by atoms with Gasteiger partial charge in [0.15, 0.2) is 0 Å². The van der Waals surface area contributed by atoms with Crippen LogP contribution in [0.5, 0.6) is 0 Å². The second kappa shape index (κ2) is 8.47. The van der Waals surface area contributed by atoms with Gasteiger partial charge in [-0.3, -0.25) is 9.78 Å². The minimum atomic E-state index is -0.234. The number of nitrogens with two attached hydrogens (primary N) is 1. The van der Waals surface area contributed by atoms with Crippen LogP contribution in [0.4, 0.5) is 17.5 Å². The van der Waals surface area contributed by atoms with Gasteiger partial charge >= 0.3 is 0 Å². The van der Waals surface area contributed by atoms with Gasteiger partial charge in [0.25, 0.3) is 5.56 Å². The van der Waals surface area contributed by atoms with Gasteiger partial charge in [-0.25, -0.2) is 0 Å². The van der Waals surface area contributed by atoms with Crippen molar-refractivity contribution >= 4 is 17.5 Å². The van der Waals surface area contributed by atoms with Gasteiger partial charge in [-0.15, -0.1) is 0 Å². The standard InChI is InChI=1S/C24H27N7O/c25-24(11-5-2-6-12-24)15-28-23-30-18-14-27-22(32)19(18)21(31-23)29-17-10-7-13-26-20(17)16-8-3-1-4-9-16/h1,3-4,7-10,13-14,29H,2,5-6,11-12,15,25H2,(H,27,32)(H2,28,30,31). The zero-order valence-corrected chi connectivity index (χ0v) is 17.8. The number of rotatable bonds is 6. The van der Waals surface area contributed by atoms with Crippen molar-refractivity contribution in [1.82, 2.24) is 19.9 Å². The van der Waals surface area contributed by atoms with Gasteiger partial charge < -0.3 is 26.3 Å². The second-order valence-electron chi connectivity index (χ2n) is 8.51. The molecule has 5 rings (SSSR count). The van der Waals surface area contributed by atoms with E-state index in [0.717, 1.165) is 42.6 Å². The lowest BCUT2D eigenvalue weighted by Gasteiger charge is -2.33. The maximum Gasteiger partial charge on any atom is 0.261 e. The number of benzene rings is 1. The van der Waals surface area contributed by atoms with Crippen molar-refractivity contribution in [2.24, 2.45) is 5.73 Å². The van der Waals surface area contributed by atoms with E-state index >= 15 is 0 Å². The van der Waals surface area contributed by atoms with E-state index in [4.69, 9.17) is 10.7 Å². The maximum atomic E-state index is 12.5. The van der Waals surface area contributed by atoms with E-state index in [0.29, 0.717) is 29.6 Å². The average Bonchev–Trinajstić information content (AvgIpc) is 3.20. The number of nitrogens with zero attached hydrogens (tertiary/aromatic N) is 2. The SMILES string of the molecule is NC1(CNc2nc(Nc3cccnc3-c3ccccc3)c3c(=O)[nH]cc-3[nH]2)CCCCC1. The van der Waals surface area contributed by atoms with Crippen LogP contribution in [0.1, 0.15) is 32.1 Å². The molecule has 2 aliphatic heterocycles. The largest absolute Gasteiger partial charge is 0.354 e. The van der Waals surface area contributed by atoms with Crippen LogP contribution in [0.15, 0.2) is 59.7 Å². The van der Waals surface area contributed by atoms with Crippen molar-refractivity contribution in [2.45, 2.75) is 37.6 Å². The molecule has 3 aliphatic rings. The lowest BCUT2D eigenvalue weighted by atomic mass is 9.82. The highest BCUT2D eigenvalue weighted by Crippen LogP contribution is 2.32. The number of aromatic nitrogens is 4. The Bertz CT molecular complexity index is 1220. The number of H-pyrrole nitrogens is 2. The van der Waals surface area contributed by atoms with Crippen molar-refractivity contribution in [3.8, 4) is 22.5 Å². The van der Waals surface area contributed by atoms with Crippen LogP contribution in [-0.2, 0) is 0 Å². The molecule has 0 spiro atoms. The van der Waals surface area contributed by atoms with Crippen LogP contribution in [0.3, 0.4) is 0 Å². The van der Waals surface area contributed by atoms with Crippen molar-refractivity contribution in [3.63, 3.8) is 0 Å². The predicted molar refractivity (Wildman–Crippen MR) is 127 cm³/mol. The van der Waals surface area contributed by atoms with Gasteiger partial charge in [-0.1, -0.05) is 49.6 Å². The minimum absolute atomic E-state index is 0.203. The molecule has 0 unspecified atom stereocenters. The minimum Gasteiger partial charge on any atom is -0.354 e. The lowest BCUT2D eigenvalue weighted by Crippen LogP contribution is -2.47. The van der Waals surface area contributed by atoms with Crippen LogP contribution in [0.2, 0.25) is 0 Å². The molecule has 0 bridgehead atoms. The van der Waals surface area contributed by atoms with E-state index in [1.165, 1.54) is 6.42 Å². The first-order chi connectivity index (χ1) is 15.6. The number of aromatic amines is 2. The summed E-state index contributed by atoms with van der Waals surface area (Å²) in [6.07, 6.45) is 8.96. The van der Waals surface area contributed by atoms with Gasteiger partial charge in [0.2, 0.25) is 5.95 Å². The van der Waals surface area contributed by atoms with Crippen molar-refractivity contribution < 1.29 is 0 Å². The summed E-state index contributed by atoms with van der Waals surface area (Å²) in [5, 5.41) is 6.71. The highest BCUT2D eigenvalue weighted by atomic mass is 16.1. The number of pyridine rings is 1. The number of hydrogen-bond donors (Lipinski definition) is 5. The third kappa shape index (κ3) is 4.09. The molecule has 8 nitrogen and oxygen atoms in total. The summed E-state index contributed by atoms with van der Waals surface area (Å²) in [4.78, 5) is 27.7. The molecule has 1 aromatic carbocycles. The van der Waals surface area contributed by atoms with Gasteiger partial charge in [0.05, 0.1) is 17.1 Å². The fraction of sp³-hybridized carbons (Fsp3) is 0.292. The molecule has 0 saturated heterocycles. The highest BCUT2D eigenvalue weighted by molar-refractivity contribution is 5.83. The molecule has 0 atom stereocenters. The fourth-order valence-corrected chi connectivity index (χ4v) is 4.39. The number of anilines is 3. The molecule has 8 heteroatoms. The molecule has 3 heterocycles. The smallest absolute Gasteiger partial charge is 0.261 e. The van der Waals surface area contributed by atoms with Gasteiger partial charge in [0.1, 0.15) is 11.4 Å². The molecule has 0 radical (unpaired) electrons. The summed E-state index contributed by atoms with van der Waals surface area (Å²) in [5.74, 6) is 1.03. The fourth-order valence-electron chi connectivity index (χ4n) is 4.39. The predicted octanol–water partition coefficient (Wildman–Crippen LogP) is 4.08. The maximum absolute atomic E-state index is 12.5. The molecular weight excluding hydrogens is 402 g/mol. The first-order valence-corrected chi connectivity index (χ1v) is 11.0. The molecular formula is C24H27N7O. The Morgan fingerprint density at radius 1 is 1.06 bits per heavy atom. The zero-order chi connectivity index (χ0) is 22.0. The van der Waals surface area contributed by atoms with Crippen molar-refractivity contribution in [3.05, 3.63) is 65.2 Å². The van der Waals surface area contributed by atoms with Crippen LogP contribution in [0, 0.1) is 0 Å². The molecule has 1 fully saturated rings. The third-order valence-electron chi connectivity index (χ3n) is 6.12. The normalized spacial score (nSPS) is 15.5. The van der Waals surface area contributed by atoms with Crippen LogP contribution in [-0.4, -0.2) is 32.0 Å². The lowest BCUT2D eigenvalue weighted by molar-refractivity contribution is 0.311. The third-order valence-corrected chi connectivity index (χ3v) is 6.12. The Hall–Kier alpha value is -3.65. The Morgan fingerprint density at radius 3 is 2.69 bits per heavy atom. The van der Waals surface area contributed by atoms with E-state index in [9.17, 15) is 4.79 Å². The average molecular weight is 430 g/mol. The number of nitrogens with one attached hydrogen (secondary N) is 4. The summed E-state index contributed by atoms with van der Waals surface area (Å²) in [6, 6.07) is 13.7. The Kier molecular flexibility index (Phi) is 5.36.